The summed E-state index contributed by atoms with van der Waals surface area (Å²) in [5.74, 6) is 0.633. The maximum Gasteiger partial charge on any atom is 0.270 e. The molecule has 0 amide bonds. The quantitative estimate of drug-likeness (QED) is 0.487. The minimum atomic E-state index is -0.716. The molecule has 2 heterocycles. The largest absolute Gasteiger partial charge is 0.463 e. The normalized spacial score (nSPS) is 22.4. The van der Waals surface area contributed by atoms with Crippen molar-refractivity contribution in [2.75, 3.05) is 17.7 Å². The van der Waals surface area contributed by atoms with E-state index in [1.807, 2.05) is 37.4 Å². The molecule has 2 aromatic carbocycles. The van der Waals surface area contributed by atoms with Crippen molar-refractivity contribution in [2.24, 2.45) is 0 Å². The van der Waals surface area contributed by atoms with Crippen LogP contribution in [0, 0.1) is 10.1 Å². The van der Waals surface area contributed by atoms with Gasteiger partial charge in [0.2, 0.25) is 5.72 Å². The van der Waals surface area contributed by atoms with E-state index in [9.17, 15) is 10.1 Å². The zero-order chi connectivity index (χ0) is 18.0. The number of ether oxygens (including phenoxy) is 1. The maximum atomic E-state index is 11.0. The topological polar surface area (TPSA) is 81.6 Å². The number of nitrogens with two attached hydrogens (primary N) is 1. The molecule has 4 rings (SSSR count). The van der Waals surface area contributed by atoms with E-state index in [1.54, 1.807) is 6.07 Å². The van der Waals surface area contributed by atoms with Crippen LogP contribution in [-0.2, 0) is 5.41 Å². The Bertz CT molecular complexity index is 936. The van der Waals surface area contributed by atoms with Gasteiger partial charge in [-0.2, -0.15) is 0 Å². The van der Waals surface area contributed by atoms with Gasteiger partial charge >= 0.3 is 0 Å². The first kappa shape index (κ1) is 15.5. The molecule has 2 N–H and O–H groups in total. The predicted molar refractivity (Wildman–Crippen MR) is 97.8 cm³/mol. The number of benzene rings is 2. The summed E-state index contributed by atoms with van der Waals surface area (Å²) in [6, 6.07) is 10.5. The third kappa shape index (κ3) is 1.91. The van der Waals surface area contributed by atoms with E-state index in [0.717, 1.165) is 11.3 Å². The standard InChI is InChI=1S/C19H19N3O3/c1-18(2)15-11-13(20)4-6-16(15)21(3)19(18)9-8-12-10-14(22(23)24)5-7-17(12)25-19/h4-11H,20H2,1-3H3. The van der Waals surface area contributed by atoms with Gasteiger partial charge in [-0.25, -0.2) is 0 Å². The molecule has 0 saturated heterocycles. The molecule has 0 bridgehead atoms. The molecule has 6 nitrogen and oxygen atoms in total. The molecule has 0 saturated carbocycles. The Kier molecular flexibility index (Phi) is 2.95. The molecule has 0 radical (unpaired) electrons. The summed E-state index contributed by atoms with van der Waals surface area (Å²) in [6.07, 6.45) is 3.88. The highest BCUT2D eigenvalue weighted by atomic mass is 16.6. The highest BCUT2D eigenvalue weighted by Gasteiger charge is 2.57. The number of nitro benzene ring substituents is 1. The van der Waals surface area contributed by atoms with Crippen LogP contribution >= 0.6 is 0 Å². The summed E-state index contributed by atoms with van der Waals surface area (Å²) in [7, 11) is 1.99. The van der Waals surface area contributed by atoms with Crippen molar-refractivity contribution in [1.29, 1.82) is 0 Å². The van der Waals surface area contributed by atoms with Crippen LogP contribution in [0.5, 0.6) is 5.75 Å². The SMILES string of the molecule is CN1c2ccc(N)cc2C(C)(C)C12C=Cc1cc([N+](=O)[O-])ccc1O2. The Morgan fingerprint density at radius 1 is 1.20 bits per heavy atom. The van der Waals surface area contributed by atoms with Crippen LogP contribution in [0.15, 0.2) is 42.5 Å². The predicted octanol–water partition coefficient (Wildman–Crippen LogP) is 3.71. The van der Waals surface area contributed by atoms with Gasteiger partial charge in [0.25, 0.3) is 5.69 Å². The smallest absolute Gasteiger partial charge is 0.270 e. The summed E-state index contributed by atoms with van der Waals surface area (Å²) in [5, 5.41) is 11.0. The molecule has 1 unspecified atom stereocenters. The van der Waals surface area contributed by atoms with Gasteiger partial charge in [-0.1, -0.05) is 0 Å². The van der Waals surface area contributed by atoms with E-state index in [4.69, 9.17) is 10.5 Å². The molecule has 0 aromatic heterocycles. The molecule has 1 spiro atoms. The maximum absolute atomic E-state index is 11.0. The summed E-state index contributed by atoms with van der Waals surface area (Å²) >= 11 is 0. The Morgan fingerprint density at radius 2 is 1.96 bits per heavy atom. The fourth-order valence-corrected chi connectivity index (χ4v) is 3.93. The minimum Gasteiger partial charge on any atom is -0.463 e. The van der Waals surface area contributed by atoms with E-state index >= 15 is 0 Å². The molecule has 128 valence electrons. The average Bonchev–Trinajstić information content (AvgIpc) is 2.73. The fraction of sp³-hybridized carbons (Fsp3) is 0.263. The number of fused-ring (bicyclic) bond motifs is 2. The average molecular weight is 337 g/mol. The Hall–Kier alpha value is -3.02. The van der Waals surface area contributed by atoms with E-state index < -0.39 is 10.6 Å². The van der Waals surface area contributed by atoms with Crippen molar-refractivity contribution >= 4 is 23.1 Å². The van der Waals surface area contributed by atoms with Gasteiger partial charge in [0.15, 0.2) is 0 Å². The monoisotopic (exact) mass is 337 g/mol. The number of nitro groups is 1. The van der Waals surface area contributed by atoms with Crippen LogP contribution in [0.25, 0.3) is 6.08 Å². The van der Waals surface area contributed by atoms with E-state index in [1.165, 1.54) is 12.1 Å². The minimum absolute atomic E-state index is 0.0537. The molecule has 2 aliphatic rings. The zero-order valence-electron chi connectivity index (χ0n) is 14.3. The number of non-ortho nitro benzene ring substituents is 1. The van der Waals surface area contributed by atoms with Gasteiger partial charge in [0.1, 0.15) is 5.75 Å². The highest BCUT2D eigenvalue weighted by molar-refractivity contribution is 5.74. The molecule has 1 atom stereocenters. The number of hydrogen-bond acceptors (Lipinski definition) is 5. The molecule has 2 aliphatic heterocycles. The molecule has 2 aromatic rings. The van der Waals surface area contributed by atoms with Crippen molar-refractivity contribution in [2.45, 2.75) is 25.0 Å². The Labute approximate surface area is 145 Å². The van der Waals surface area contributed by atoms with Crippen LogP contribution in [0.2, 0.25) is 0 Å². The van der Waals surface area contributed by atoms with Crippen molar-refractivity contribution in [3.05, 3.63) is 63.7 Å². The van der Waals surface area contributed by atoms with Crippen molar-refractivity contribution in [3.63, 3.8) is 0 Å². The summed E-state index contributed by atoms with van der Waals surface area (Å²) < 4.78 is 6.44. The summed E-state index contributed by atoms with van der Waals surface area (Å²) in [5.41, 5.74) is 8.58. The third-order valence-electron chi connectivity index (χ3n) is 5.41. The molecular formula is C19H19N3O3. The molecule has 6 heteroatoms. The second-order valence-corrected chi connectivity index (χ2v) is 7.07. The Balaban J connectivity index is 1.85. The second-order valence-electron chi connectivity index (χ2n) is 7.07. The number of nitrogen functional groups attached to an aromatic ring is 1. The molecule has 0 fully saturated rings. The number of anilines is 2. The highest BCUT2D eigenvalue weighted by Crippen LogP contribution is 2.54. The third-order valence-corrected chi connectivity index (χ3v) is 5.41. The van der Waals surface area contributed by atoms with Crippen molar-refractivity contribution < 1.29 is 9.66 Å². The van der Waals surface area contributed by atoms with Gasteiger partial charge in [-0.3, -0.25) is 10.1 Å². The Morgan fingerprint density at radius 3 is 2.68 bits per heavy atom. The summed E-state index contributed by atoms with van der Waals surface area (Å²) in [4.78, 5) is 12.7. The lowest BCUT2D eigenvalue weighted by Crippen LogP contribution is -2.58. The number of rotatable bonds is 1. The lowest BCUT2D eigenvalue weighted by atomic mass is 9.76. The van der Waals surface area contributed by atoms with Crippen LogP contribution in [0.1, 0.15) is 25.0 Å². The van der Waals surface area contributed by atoms with Crippen molar-refractivity contribution in [3.8, 4) is 5.75 Å². The van der Waals surface area contributed by atoms with Gasteiger partial charge in [0, 0.05) is 36.1 Å². The van der Waals surface area contributed by atoms with E-state index in [-0.39, 0.29) is 11.1 Å². The van der Waals surface area contributed by atoms with Gasteiger partial charge in [-0.15, -0.1) is 0 Å². The zero-order valence-corrected chi connectivity index (χ0v) is 14.3. The van der Waals surface area contributed by atoms with Crippen LogP contribution in [0.4, 0.5) is 17.1 Å². The van der Waals surface area contributed by atoms with Gasteiger partial charge in [-0.05, 0) is 55.8 Å². The number of nitrogens with zero attached hydrogens (tertiary/aromatic N) is 2. The van der Waals surface area contributed by atoms with Gasteiger partial charge < -0.3 is 15.4 Å². The lowest BCUT2D eigenvalue weighted by Gasteiger charge is -2.45. The van der Waals surface area contributed by atoms with E-state index in [0.29, 0.717) is 17.0 Å². The summed E-state index contributed by atoms with van der Waals surface area (Å²) in [6.45, 7) is 4.24. The van der Waals surface area contributed by atoms with Gasteiger partial charge in [0.05, 0.1) is 10.3 Å². The van der Waals surface area contributed by atoms with E-state index in [2.05, 4.69) is 18.7 Å². The molecular weight excluding hydrogens is 318 g/mol. The van der Waals surface area contributed by atoms with Crippen LogP contribution < -0.4 is 15.4 Å². The number of hydrogen-bond donors (Lipinski definition) is 1. The van der Waals surface area contributed by atoms with Crippen molar-refractivity contribution in [1.82, 2.24) is 0 Å². The first-order valence-corrected chi connectivity index (χ1v) is 8.07. The lowest BCUT2D eigenvalue weighted by molar-refractivity contribution is -0.384. The number of likely N-dealkylation sites (N-methyl/N-ethyl adjacent to an activating group) is 1. The second kappa shape index (κ2) is 4.75. The van der Waals surface area contributed by atoms with Crippen LogP contribution in [0.3, 0.4) is 0 Å². The molecule has 0 aliphatic carbocycles. The first-order chi connectivity index (χ1) is 11.8. The first-order valence-electron chi connectivity index (χ1n) is 8.07. The van der Waals surface area contributed by atoms with Crippen LogP contribution in [-0.4, -0.2) is 17.7 Å². The fourth-order valence-electron chi connectivity index (χ4n) is 3.93. The molecule has 25 heavy (non-hydrogen) atoms.